The van der Waals surface area contributed by atoms with E-state index in [2.05, 4.69) is 0 Å². The predicted octanol–water partition coefficient (Wildman–Crippen LogP) is 1.33. The molecule has 0 bridgehead atoms. The largest absolute Gasteiger partial charge is 0.783 e. The average Bonchev–Trinajstić information content (AvgIpc) is 1.73. The molecule has 10 heavy (non-hydrogen) atoms. The van der Waals surface area contributed by atoms with Gasteiger partial charge in [0.05, 0.1) is 5.60 Å². The zero-order valence-electron chi connectivity index (χ0n) is 6.97. The van der Waals surface area contributed by atoms with Crippen molar-refractivity contribution in [3.63, 3.8) is 0 Å². The van der Waals surface area contributed by atoms with Gasteiger partial charge >= 0.3 is 0 Å². The minimum Gasteiger partial charge on any atom is -0.783 e. The summed E-state index contributed by atoms with van der Waals surface area (Å²) in [5.41, 5.74) is -0.922. The Kier molecular flexibility index (Phi) is 1.54. The molecule has 1 aliphatic rings. The van der Waals surface area contributed by atoms with Gasteiger partial charge in [0.1, 0.15) is 5.72 Å². The van der Waals surface area contributed by atoms with Gasteiger partial charge < -0.3 is 15.0 Å². The Morgan fingerprint density at radius 1 is 1.30 bits per heavy atom. The van der Waals surface area contributed by atoms with Crippen molar-refractivity contribution in [1.82, 2.24) is 5.06 Å². The van der Waals surface area contributed by atoms with Crippen LogP contribution in [0.25, 0.3) is 0 Å². The lowest BCUT2D eigenvalue weighted by Gasteiger charge is -2.34. The summed E-state index contributed by atoms with van der Waals surface area (Å²) in [6, 6.07) is 0. The van der Waals surface area contributed by atoms with Crippen LogP contribution in [-0.4, -0.2) is 22.9 Å². The van der Waals surface area contributed by atoms with E-state index in [1.165, 1.54) is 0 Å². The second kappa shape index (κ2) is 1.94. The Balaban J connectivity index is 2.71. The van der Waals surface area contributed by atoms with E-state index in [4.69, 9.17) is 4.74 Å². The fraction of sp³-hybridized carbons (Fsp3) is 1.00. The van der Waals surface area contributed by atoms with Crippen LogP contribution < -0.4 is 0 Å². The molecule has 0 amide bonds. The van der Waals surface area contributed by atoms with E-state index in [9.17, 15) is 5.21 Å². The molecule has 3 nitrogen and oxygen atoms in total. The van der Waals surface area contributed by atoms with E-state index < -0.39 is 5.72 Å². The van der Waals surface area contributed by atoms with Gasteiger partial charge in [0.25, 0.3) is 0 Å². The Bertz CT molecular complexity index is 143. The molecule has 1 heterocycles. The predicted molar refractivity (Wildman–Crippen MR) is 39.3 cm³/mol. The highest BCUT2D eigenvalue weighted by atomic mass is 16.6. The highest BCUT2D eigenvalue weighted by Crippen LogP contribution is 2.31. The van der Waals surface area contributed by atoms with Crippen LogP contribution in [0.4, 0.5) is 0 Å². The van der Waals surface area contributed by atoms with Crippen molar-refractivity contribution in [2.45, 2.75) is 39.0 Å². The van der Waals surface area contributed by atoms with E-state index in [1.807, 2.05) is 13.8 Å². The molecular formula is C7H14NO2-. The topological polar surface area (TPSA) is 35.5 Å². The second-order valence-electron chi connectivity index (χ2n) is 3.85. The molecule has 0 N–H and O–H groups in total. The first-order valence-electron chi connectivity index (χ1n) is 3.48. The van der Waals surface area contributed by atoms with Crippen molar-refractivity contribution >= 4 is 0 Å². The van der Waals surface area contributed by atoms with E-state index in [0.29, 0.717) is 6.54 Å². The highest BCUT2D eigenvalue weighted by molar-refractivity contribution is 4.89. The molecule has 0 unspecified atom stereocenters. The fourth-order valence-corrected chi connectivity index (χ4v) is 1.30. The van der Waals surface area contributed by atoms with Gasteiger partial charge in [-0.05, 0) is 27.7 Å². The smallest absolute Gasteiger partial charge is 0.105 e. The molecule has 1 fully saturated rings. The number of hydrogen-bond donors (Lipinski definition) is 0. The van der Waals surface area contributed by atoms with Gasteiger partial charge in [-0.25, -0.2) is 0 Å². The lowest BCUT2D eigenvalue weighted by Crippen LogP contribution is -2.34. The zero-order chi connectivity index (χ0) is 7.99. The fourth-order valence-electron chi connectivity index (χ4n) is 1.30. The van der Waals surface area contributed by atoms with Gasteiger partial charge in [-0.15, -0.1) is 0 Å². The Morgan fingerprint density at radius 3 is 1.90 bits per heavy atom. The number of hydrogen-bond acceptors (Lipinski definition) is 3. The van der Waals surface area contributed by atoms with Crippen molar-refractivity contribution in [2.75, 3.05) is 6.54 Å². The molecule has 0 aromatic heterocycles. The van der Waals surface area contributed by atoms with Crippen LogP contribution in [0.5, 0.6) is 0 Å². The van der Waals surface area contributed by atoms with E-state index >= 15 is 0 Å². The lowest BCUT2D eigenvalue weighted by molar-refractivity contribution is -0.0934. The van der Waals surface area contributed by atoms with E-state index in [-0.39, 0.29) is 5.60 Å². The van der Waals surface area contributed by atoms with Gasteiger partial charge in [0, 0.05) is 6.54 Å². The van der Waals surface area contributed by atoms with Gasteiger partial charge in [-0.1, -0.05) is 0 Å². The number of rotatable bonds is 0. The quantitative estimate of drug-likeness (QED) is 0.514. The van der Waals surface area contributed by atoms with Crippen molar-refractivity contribution in [3.05, 3.63) is 5.21 Å². The van der Waals surface area contributed by atoms with E-state index in [1.54, 1.807) is 13.8 Å². The Morgan fingerprint density at radius 2 is 1.80 bits per heavy atom. The third-order valence-corrected chi connectivity index (χ3v) is 1.65. The van der Waals surface area contributed by atoms with Crippen LogP contribution in [0, 0.1) is 5.21 Å². The number of hydroxylamine groups is 2. The first-order valence-corrected chi connectivity index (χ1v) is 3.48. The second-order valence-corrected chi connectivity index (χ2v) is 3.85. The molecule has 0 radical (unpaired) electrons. The molecule has 0 saturated carbocycles. The molecule has 1 aliphatic heterocycles. The van der Waals surface area contributed by atoms with Crippen LogP contribution in [0.3, 0.4) is 0 Å². The van der Waals surface area contributed by atoms with Crippen molar-refractivity contribution < 1.29 is 4.74 Å². The van der Waals surface area contributed by atoms with Gasteiger partial charge in [-0.2, -0.15) is 0 Å². The third kappa shape index (κ3) is 1.31. The summed E-state index contributed by atoms with van der Waals surface area (Å²) in [7, 11) is 0. The molecule has 0 atom stereocenters. The maximum Gasteiger partial charge on any atom is 0.105 e. The van der Waals surface area contributed by atoms with Gasteiger partial charge in [0.15, 0.2) is 0 Å². The summed E-state index contributed by atoms with van der Waals surface area (Å²) < 4.78 is 5.46. The summed E-state index contributed by atoms with van der Waals surface area (Å²) >= 11 is 0. The summed E-state index contributed by atoms with van der Waals surface area (Å²) in [5.74, 6) is 0. The average molecular weight is 144 g/mol. The summed E-state index contributed by atoms with van der Waals surface area (Å²) in [5, 5.41) is 12.1. The molecule has 60 valence electrons. The first kappa shape index (κ1) is 7.98. The maximum atomic E-state index is 11.1. The summed E-state index contributed by atoms with van der Waals surface area (Å²) in [4.78, 5) is 0. The summed E-state index contributed by atoms with van der Waals surface area (Å²) in [6.07, 6.45) is 0. The van der Waals surface area contributed by atoms with E-state index in [0.717, 1.165) is 5.06 Å². The lowest BCUT2D eigenvalue weighted by atomic mass is 10.1. The van der Waals surface area contributed by atoms with Crippen molar-refractivity contribution in [2.24, 2.45) is 0 Å². The molecule has 0 aromatic rings. The van der Waals surface area contributed by atoms with Crippen molar-refractivity contribution in [3.8, 4) is 0 Å². The standard InChI is InChI=1S/C7H14NO2/c1-6(2)5-8(9)7(3,4)10-6/h5H2,1-4H3/q-1. The monoisotopic (exact) mass is 144 g/mol. The molecule has 0 spiro atoms. The summed E-state index contributed by atoms with van der Waals surface area (Å²) in [6.45, 7) is 7.88. The first-order chi connectivity index (χ1) is 4.33. The van der Waals surface area contributed by atoms with Crippen LogP contribution >= 0.6 is 0 Å². The SMILES string of the molecule is CC1(C)CN([O-])C(C)(C)O1. The molecule has 0 aliphatic carbocycles. The molecular weight excluding hydrogens is 130 g/mol. The molecule has 1 rings (SSSR count). The van der Waals surface area contributed by atoms with Crippen molar-refractivity contribution in [1.29, 1.82) is 0 Å². The van der Waals surface area contributed by atoms with Crippen LogP contribution in [0.2, 0.25) is 0 Å². The maximum absolute atomic E-state index is 11.1. The van der Waals surface area contributed by atoms with Crippen LogP contribution in [-0.2, 0) is 4.74 Å². The minimum atomic E-state index is -0.635. The zero-order valence-corrected chi connectivity index (χ0v) is 6.97. The Hall–Kier alpha value is -0.120. The molecule has 0 aromatic carbocycles. The number of ether oxygens (including phenoxy) is 1. The van der Waals surface area contributed by atoms with Gasteiger partial charge in [0.2, 0.25) is 0 Å². The number of nitrogens with zero attached hydrogens (tertiary/aromatic N) is 1. The minimum absolute atomic E-state index is 0.286. The third-order valence-electron chi connectivity index (χ3n) is 1.65. The van der Waals surface area contributed by atoms with Crippen LogP contribution in [0.15, 0.2) is 0 Å². The van der Waals surface area contributed by atoms with Gasteiger partial charge in [-0.3, -0.25) is 0 Å². The molecule has 3 heteroatoms. The normalized spacial score (nSPS) is 30.9. The highest BCUT2D eigenvalue weighted by Gasteiger charge is 2.38. The van der Waals surface area contributed by atoms with Crippen LogP contribution in [0.1, 0.15) is 27.7 Å². The molecule has 1 saturated heterocycles. The Labute approximate surface area is 61.5 Å².